The van der Waals surface area contributed by atoms with Gasteiger partial charge in [-0.3, -0.25) is 4.79 Å². The molecule has 0 atom stereocenters. The van der Waals surface area contributed by atoms with Crippen molar-refractivity contribution < 1.29 is 9.53 Å². The van der Waals surface area contributed by atoms with Crippen molar-refractivity contribution >= 4 is 83.4 Å². The summed E-state index contributed by atoms with van der Waals surface area (Å²) in [6.45, 7) is 0.442. The van der Waals surface area contributed by atoms with E-state index in [2.05, 4.69) is 86.3 Å². The van der Waals surface area contributed by atoms with Crippen LogP contribution in [0.4, 0.5) is 10.7 Å². The van der Waals surface area contributed by atoms with E-state index in [1.165, 1.54) is 15.6 Å². The van der Waals surface area contributed by atoms with E-state index in [-0.39, 0.29) is 5.91 Å². The summed E-state index contributed by atoms with van der Waals surface area (Å²) in [7, 11) is 0. The lowest BCUT2D eigenvalue weighted by molar-refractivity contribution is 0.102. The molecule has 6 rings (SSSR count). The molecule has 0 spiro atoms. The maximum Gasteiger partial charge on any atom is 0.259 e. The first-order valence-corrected chi connectivity index (χ1v) is 15.9. The summed E-state index contributed by atoms with van der Waals surface area (Å²) in [5.41, 5.74) is 4.62. The number of rotatable bonds is 7. The van der Waals surface area contributed by atoms with Gasteiger partial charge < -0.3 is 10.1 Å². The van der Waals surface area contributed by atoms with Crippen LogP contribution in [0.3, 0.4) is 0 Å². The van der Waals surface area contributed by atoms with E-state index in [9.17, 15) is 4.79 Å². The van der Waals surface area contributed by atoms with Crippen molar-refractivity contribution in [2.45, 2.75) is 32.3 Å². The molecule has 0 unspecified atom stereocenters. The van der Waals surface area contributed by atoms with E-state index in [4.69, 9.17) is 9.73 Å². The number of thiophene rings is 1. The van der Waals surface area contributed by atoms with E-state index in [0.717, 1.165) is 66.9 Å². The molecule has 4 nitrogen and oxygen atoms in total. The van der Waals surface area contributed by atoms with Gasteiger partial charge in [0.2, 0.25) is 0 Å². The molecule has 1 N–H and O–H groups in total. The van der Waals surface area contributed by atoms with Crippen molar-refractivity contribution in [3.8, 4) is 5.75 Å². The Morgan fingerprint density at radius 2 is 1.77 bits per heavy atom. The SMILES string of the molecule is O=C(Nc1ccccc1)c1c(N=Cc2cc(Br)cc(I)c2OCc2cccc3ccccc23)sc2c1CCCC2. The number of aryl methyl sites for hydroxylation is 1. The molecular weight excluding hydrogens is 695 g/mol. The smallest absolute Gasteiger partial charge is 0.259 e. The average Bonchev–Trinajstić information content (AvgIpc) is 3.34. The molecule has 40 heavy (non-hydrogen) atoms. The molecule has 0 fully saturated rings. The zero-order valence-corrected chi connectivity index (χ0v) is 26.2. The van der Waals surface area contributed by atoms with Gasteiger partial charge in [0.05, 0.1) is 9.13 Å². The lowest BCUT2D eigenvalue weighted by Crippen LogP contribution is -2.14. The van der Waals surface area contributed by atoms with Crippen molar-refractivity contribution in [3.63, 3.8) is 0 Å². The predicted molar refractivity (Wildman–Crippen MR) is 178 cm³/mol. The highest BCUT2D eigenvalue weighted by Crippen LogP contribution is 2.41. The molecule has 0 saturated heterocycles. The monoisotopic (exact) mass is 720 g/mol. The summed E-state index contributed by atoms with van der Waals surface area (Å²) in [6.07, 6.45) is 5.98. The Bertz CT molecular complexity index is 1730. The molecule has 0 aliphatic heterocycles. The quantitative estimate of drug-likeness (QED) is 0.135. The maximum atomic E-state index is 13.5. The zero-order valence-electron chi connectivity index (χ0n) is 21.6. The number of carbonyl (C=O) groups is 1. The number of hydrogen-bond donors (Lipinski definition) is 1. The highest BCUT2D eigenvalue weighted by molar-refractivity contribution is 14.1. The minimum absolute atomic E-state index is 0.103. The van der Waals surface area contributed by atoms with E-state index < -0.39 is 0 Å². The fraction of sp³-hybridized carbons (Fsp3) is 0.152. The summed E-state index contributed by atoms with van der Waals surface area (Å²) in [4.78, 5) is 19.7. The van der Waals surface area contributed by atoms with Gasteiger partial charge in [0, 0.05) is 26.8 Å². The first-order chi connectivity index (χ1) is 19.6. The topological polar surface area (TPSA) is 50.7 Å². The fourth-order valence-corrected chi connectivity index (χ4v) is 8.05. The minimum atomic E-state index is -0.103. The van der Waals surface area contributed by atoms with Crippen molar-refractivity contribution in [2.24, 2.45) is 4.99 Å². The number of nitrogens with zero attached hydrogens (tertiary/aromatic N) is 1. The third-order valence-corrected chi connectivity index (χ3v) is 9.48. The molecule has 0 saturated carbocycles. The van der Waals surface area contributed by atoms with Crippen molar-refractivity contribution in [1.82, 2.24) is 0 Å². The number of amides is 1. The van der Waals surface area contributed by atoms with Crippen LogP contribution in [0.1, 0.15) is 44.8 Å². The summed E-state index contributed by atoms with van der Waals surface area (Å²) in [5, 5.41) is 6.20. The van der Waals surface area contributed by atoms with Crippen LogP contribution in [0, 0.1) is 3.57 Å². The van der Waals surface area contributed by atoms with Crippen LogP contribution in [-0.2, 0) is 19.4 Å². The number of carbonyl (C=O) groups excluding carboxylic acids is 1. The largest absolute Gasteiger partial charge is 0.487 e. The molecule has 1 aliphatic rings. The van der Waals surface area contributed by atoms with Crippen molar-refractivity contribution in [2.75, 3.05) is 5.32 Å². The number of para-hydroxylation sites is 1. The number of halogens is 2. The average molecular weight is 721 g/mol. The van der Waals surface area contributed by atoms with E-state index in [1.807, 2.05) is 48.7 Å². The van der Waals surface area contributed by atoms with Crippen LogP contribution < -0.4 is 10.1 Å². The fourth-order valence-electron chi connectivity index (χ4n) is 5.12. The molecular formula is C33H26BrIN2O2S. The van der Waals surface area contributed by atoms with Crippen molar-refractivity contribution in [1.29, 1.82) is 0 Å². The number of benzene rings is 4. The van der Waals surface area contributed by atoms with Gasteiger partial charge in [-0.15, -0.1) is 11.3 Å². The molecule has 0 bridgehead atoms. The van der Waals surface area contributed by atoms with Gasteiger partial charge in [-0.2, -0.15) is 0 Å². The van der Waals surface area contributed by atoms with Crippen LogP contribution in [0.15, 0.2) is 94.4 Å². The van der Waals surface area contributed by atoms with Crippen LogP contribution >= 0.6 is 49.9 Å². The molecule has 1 aliphatic carbocycles. The van der Waals surface area contributed by atoms with Crippen LogP contribution in [0.2, 0.25) is 0 Å². The Kier molecular flexibility index (Phi) is 8.32. The third-order valence-electron chi connectivity index (χ3n) is 7.02. The molecule has 7 heteroatoms. The number of nitrogens with one attached hydrogen (secondary N) is 1. The third kappa shape index (κ3) is 5.87. The van der Waals surface area contributed by atoms with Crippen LogP contribution in [0.25, 0.3) is 10.8 Å². The molecule has 1 heterocycles. The molecule has 200 valence electrons. The van der Waals surface area contributed by atoms with Gasteiger partial charge in [0.15, 0.2) is 0 Å². The van der Waals surface area contributed by atoms with Gasteiger partial charge >= 0.3 is 0 Å². The highest BCUT2D eigenvalue weighted by atomic mass is 127. The number of aliphatic imine (C=N–C) groups is 1. The summed E-state index contributed by atoms with van der Waals surface area (Å²) >= 11 is 7.58. The zero-order chi connectivity index (χ0) is 27.5. The highest BCUT2D eigenvalue weighted by Gasteiger charge is 2.25. The number of anilines is 1. The van der Waals surface area contributed by atoms with Gasteiger partial charge in [0.1, 0.15) is 17.4 Å². The Hall–Kier alpha value is -3.01. The first-order valence-electron chi connectivity index (χ1n) is 13.2. The lowest BCUT2D eigenvalue weighted by atomic mass is 9.95. The Morgan fingerprint density at radius 1 is 1.00 bits per heavy atom. The second kappa shape index (κ2) is 12.2. The molecule has 5 aromatic rings. The normalized spacial score (nSPS) is 12.9. The standard InChI is InChI=1S/C33H26BrIN2O2S/c34-24-17-23(31(28(35)18-24)39-20-22-11-8-10-21-9-4-5-14-26(21)22)19-36-33-30(27-15-6-7-16-29(27)40-33)32(38)37-25-12-2-1-3-13-25/h1-5,8-14,17-19H,6-7,15-16,20H2,(H,37,38). The van der Waals surface area contributed by atoms with Crippen LogP contribution in [-0.4, -0.2) is 12.1 Å². The number of fused-ring (bicyclic) bond motifs is 2. The van der Waals surface area contributed by atoms with Gasteiger partial charge in [-0.05, 0) is 94.4 Å². The molecule has 1 aromatic heterocycles. The Balaban J connectivity index is 1.33. The predicted octanol–water partition coefficient (Wildman–Crippen LogP) is 9.73. The minimum Gasteiger partial charge on any atom is -0.487 e. The summed E-state index contributed by atoms with van der Waals surface area (Å²) < 4.78 is 8.38. The van der Waals surface area contributed by atoms with E-state index in [0.29, 0.717) is 12.2 Å². The maximum absolute atomic E-state index is 13.5. The van der Waals surface area contributed by atoms with E-state index >= 15 is 0 Å². The lowest BCUT2D eigenvalue weighted by Gasteiger charge is -2.14. The number of hydrogen-bond acceptors (Lipinski definition) is 4. The number of ether oxygens (including phenoxy) is 1. The summed E-state index contributed by atoms with van der Waals surface area (Å²) in [6, 6.07) is 28.3. The Labute approximate surface area is 259 Å². The summed E-state index contributed by atoms with van der Waals surface area (Å²) in [5.74, 6) is 0.672. The van der Waals surface area contributed by atoms with E-state index in [1.54, 1.807) is 11.3 Å². The second-order valence-electron chi connectivity index (χ2n) is 9.70. The van der Waals surface area contributed by atoms with Crippen molar-refractivity contribution in [3.05, 3.63) is 120 Å². The van der Waals surface area contributed by atoms with Gasteiger partial charge in [-0.25, -0.2) is 4.99 Å². The molecule has 4 aromatic carbocycles. The second-order valence-corrected chi connectivity index (χ2v) is 12.9. The van der Waals surface area contributed by atoms with Gasteiger partial charge in [-0.1, -0.05) is 76.6 Å². The van der Waals surface area contributed by atoms with Crippen LogP contribution in [0.5, 0.6) is 5.75 Å². The Morgan fingerprint density at radius 3 is 2.65 bits per heavy atom. The molecule has 1 amide bonds. The van der Waals surface area contributed by atoms with Gasteiger partial charge in [0.25, 0.3) is 5.91 Å². The first kappa shape index (κ1) is 27.2. The molecule has 0 radical (unpaired) electrons.